The second kappa shape index (κ2) is 7.16. The van der Waals surface area contributed by atoms with Gasteiger partial charge in [-0.2, -0.15) is 0 Å². The van der Waals surface area contributed by atoms with Crippen molar-refractivity contribution in [3.05, 3.63) is 11.6 Å². The molecule has 5 nitrogen and oxygen atoms in total. The number of rotatable bonds is 5. The molecule has 0 spiro atoms. The van der Waals surface area contributed by atoms with Crippen LogP contribution in [0.1, 0.15) is 26.7 Å². The van der Waals surface area contributed by atoms with Crippen molar-refractivity contribution in [1.29, 1.82) is 0 Å². The summed E-state index contributed by atoms with van der Waals surface area (Å²) >= 11 is 0. The third kappa shape index (κ3) is 4.14. The van der Waals surface area contributed by atoms with E-state index in [2.05, 4.69) is 10.1 Å². The summed E-state index contributed by atoms with van der Waals surface area (Å²) in [6, 6.07) is -0.218. The number of ether oxygens (including phenoxy) is 1. The van der Waals surface area contributed by atoms with E-state index in [4.69, 9.17) is 0 Å². The Kier molecular flexibility index (Phi) is 5.85. The molecule has 1 unspecified atom stereocenters. The monoisotopic (exact) mass is 254 g/mol. The van der Waals surface area contributed by atoms with E-state index in [1.54, 1.807) is 13.0 Å². The molecule has 102 valence electrons. The first-order valence-corrected chi connectivity index (χ1v) is 6.33. The number of carbonyl (C=O) groups excluding carboxylic acids is 2. The molecule has 0 aliphatic carbocycles. The first-order valence-electron chi connectivity index (χ1n) is 6.33. The normalized spacial score (nSPS) is 17.7. The average Bonchev–Trinajstić information content (AvgIpc) is 2.90. The molecule has 18 heavy (non-hydrogen) atoms. The molecule has 0 aromatic carbocycles. The van der Waals surface area contributed by atoms with Crippen LogP contribution < -0.4 is 5.32 Å². The lowest BCUT2D eigenvalue weighted by atomic mass is 10.2. The Hall–Kier alpha value is -1.36. The zero-order valence-corrected chi connectivity index (χ0v) is 11.4. The van der Waals surface area contributed by atoms with Gasteiger partial charge in [0.05, 0.1) is 13.2 Å². The number of carbonyl (C=O) groups is 2. The topological polar surface area (TPSA) is 58.6 Å². The Bertz CT molecular complexity index is 333. The molecule has 0 aromatic rings. The lowest BCUT2D eigenvalue weighted by Crippen LogP contribution is -2.43. The van der Waals surface area contributed by atoms with Gasteiger partial charge in [0.1, 0.15) is 0 Å². The number of hydrogen-bond donors (Lipinski definition) is 1. The molecule has 0 aromatic heterocycles. The van der Waals surface area contributed by atoms with Crippen LogP contribution in [0.3, 0.4) is 0 Å². The molecule has 1 heterocycles. The molecule has 1 aliphatic heterocycles. The minimum atomic E-state index is -0.338. The van der Waals surface area contributed by atoms with Gasteiger partial charge >= 0.3 is 5.97 Å². The molecule has 1 fully saturated rings. The van der Waals surface area contributed by atoms with Gasteiger partial charge in [-0.1, -0.05) is 6.08 Å². The molecule has 1 atom stereocenters. The van der Waals surface area contributed by atoms with E-state index in [1.165, 1.54) is 7.11 Å². The van der Waals surface area contributed by atoms with Crippen LogP contribution in [0.15, 0.2) is 11.6 Å². The highest BCUT2D eigenvalue weighted by Gasteiger charge is 2.22. The molecule has 1 rings (SSSR count). The summed E-state index contributed by atoms with van der Waals surface area (Å²) in [4.78, 5) is 25.0. The number of nitrogens with zero attached hydrogens (tertiary/aromatic N) is 1. The van der Waals surface area contributed by atoms with Crippen molar-refractivity contribution in [2.24, 2.45) is 0 Å². The van der Waals surface area contributed by atoms with Crippen LogP contribution in [-0.4, -0.2) is 49.6 Å². The fraction of sp³-hybridized carbons (Fsp3) is 0.692. The Morgan fingerprint density at radius 1 is 1.39 bits per heavy atom. The van der Waals surface area contributed by atoms with Crippen LogP contribution in [0.2, 0.25) is 0 Å². The molecule has 5 heteroatoms. The fourth-order valence-corrected chi connectivity index (χ4v) is 1.93. The molecule has 1 N–H and O–H groups in total. The van der Waals surface area contributed by atoms with Crippen molar-refractivity contribution < 1.29 is 14.3 Å². The smallest absolute Gasteiger partial charge is 0.333 e. The molecule has 0 bridgehead atoms. The van der Waals surface area contributed by atoms with Crippen LogP contribution in [0.4, 0.5) is 0 Å². The number of esters is 1. The Morgan fingerprint density at radius 3 is 2.56 bits per heavy atom. The minimum Gasteiger partial charge on any atom is -0.466 e. The van der Waals surface area contributed by atoms with Gasteiger partial charge in [-0.25, -0.2) is 4.79 Å². The van der Waals surface area contributed by atoms with Crippen molar-refractivity contribution >= 4 is 11.9 Å². The van der Waals surface area contributed by atoms with Crippen molar-refractivity contribution in [3.63, 3.8) is 0 Å². The summed E-state index contributed by atoms with van der Waals surface area (Å²) in [5.74, 6) is -0.202. The lowest BCUT2D eigenvalue weighted by Gasteiger charge is -2.20. The predicted octanol–water partition coefficient (Wildman–Crippen LogP) is 0.706. The highest BCUT2D eigenvalue weighted by molar-refractivity contribution is 5.87. The molecular formula is C13H22N2O3. The number of methoxy groups -OCH3 is 1. The second-order valence-corrected chi connectivity index (χ2v) is 4.54. The van der Waals surface area contributed by atoms with Gasteiger partial charge < -0.3 is 15.0 Å². The predicted molar refractivity (Wildman–Crippen MR) is 69.1 cm³/mol. The molecule has 1 amide bonds. The standard InChI is InChI=1S/C13H22N2O3/c1-10(13(17)18-3)6-7-14-11(2)12(16)15-8-4-5-9-15/h6,11,14H,4-5,7-9H2,1-3H3. The van der Waals surface area contributed by atoms with Gasteiger partial charge in [0.15, 0.2) is 0 Å². The summed E-state index contributed by atoms with van der Waals surface area (Å²) in [7, 11) is 1.35. The van der Waals surface area contributed by atoms with Crippen LogP contribution in [0.5, 0.6) is 0 Å². The van der Waals surface area contributed by atoms with Crippen LogP contribution in [0.25, 0.3) is 0 Å². The summed E-state index contributed by atoms with van der Waals surface area (Å²) in [6.45, 7) is 5.76. The fourth-order valence-electron chi connectivity index (χ4n) is 1.93. The number of amides is 1. The highest BCUT2D eigenvalue weighted by Crippen LogP contribution is 2.08. The average molecular weight is 254 g/mol. The van der Waals surface area contributed by atoms with E-state index in [0.29, 0.717) is 12.1 Å². The lowest BCUT2D eigenvalue weighted by molar-refractivity contribution is -0.136. The summed E-state index contributed by atoms with van der Waals surface area (Å²) in [5, 5.41) is 3.09. The van der Waals surface area contributed by atoms with E-state index in [-0.39, 0.29) is 17.9 Å². The van der Waals surface area contributed by atoms with E-state index < -0.39 is 0 Å². The number of hydrogen-bond acceptors (Lipinski definition) is 4. The molecule has 0 radical (unpaired) electrons. The summed E-state index contributed by atoms with van der Waals surface area (Å²) < 4.78 is 4.59. The second-order valence-electron chi connectivity index (χ2n) is 4.54. The maximum atomic E-state index is 12.0. The number of likely N-dealkylation sites (tertiary alicyclic amines) is 1. The highest BCUT2D eigenvalue weighted by atomic mass is 16.5. The largest absolute Gasteiger partial charge is 0.466 e. The van der Waals surface area contributed by atoms with Crippen LogP contribution in [0, 0.1) is 0 Å². The molecule has 1 aliphatic rings. The Morgan fingerprint density at radius 2 is 2.00 bits per heavy atom. The van der Waals surface area contributed by atoms with Gasteiger partial charge in [-0.15, -0.1) is 0 Å². The van der Waals surface area contributed by atoms with Gasteiger partial charge in [0, 0.05) is 25.2 Å². The zero-order valence-electron chi connectivity index (χ0n) is 11.4. The van der Waals surface area contributed by atoms with E-state index in [0.717, 1.165) is 25.9 Å². The maximum Gasteiger partial charge on any atom is 0.333 e. The van der Waals surface area contributed by atoms with Crippen molar-refractivity contribution in [3.8, 4) is 0 Å². The first kappa shape index (κ1) is 14.7. The van der Waals surface area contributed by atoms with Crippen molar-refractivity contribution in [2.45, 2.75) is 32.7 Å². The molecule has 0 saturated carbocycles. The Labute approximate surface area is 108 Å². The summed E-state index contributed by atoms with van der Waals surface area (Å²) in [6.07, 6.45) is 3.93. The van der Waals surface area contributed by atoms with Gasteiger partial charge in [-0.3, -0.25) is 4.79 Å². The molecular weight excluding hydrogens is 232 g/mol. The van der Waals surface area contributed by atoms with Gasteiger partial charge in [0.25, 0.3) is 0 Å². The molecule has 1 saturated heterocycles. The van der Waals surface area contributed by atoms with Crippen LogP contribution >= 0.6 is 0 Å². The van der Waals surface area contributed by atoms with E-state index >= 15 is 0 Å². The van der Waals surface area contributed by atoms with Gasteiger partial charge in [0.2, 0.25) is 5.91 Å². The maximum absolute atomic E-state index is 12.0. The van der Waals surface area contributed by atoms with Gasteiger partial charge in [-0.05, 0) is 26.7 Å². The first-order chi connectivity index (χ1) is 8.56. The van der Waals surface area contributed by atoms with Crippen molar-refractivity contribution in [2.75, 3.05) is 26.7 Å². The number of nitrogens with one attached hydrogen (secondary N) is 1. The SMILES string of the molecule is COC(=O)C(C)=CCNC(C)C(=O)N1CCCC1. The van der Waals surface area contributed by atoms with Crippen LogP contribution in [-0.2, 0) is 14.3 Å². The van der Waals surface area contributed by atoms with Crippen molar-refractivity contribution in [1.82, 2.24) is 10.2 Å². The third-order valence-corrected chi connectivity index (χ3v) is 3.13. The van der Waals surface area contributed by atoms with E-state index in [1.807, 2.05) is 11.8 Å². The minimum absolute atomic E-state index is 0.136. The zero-order chi connectivity index (χ0) is 13.5. The Balaban J connectivity index is 2.34. The quantitative estimate of drug-likeness (QED) is 0.580. The van der Waals surface area contributed by atoms with E-state index in [9.17, 15) is 9.59 Å². The third-order valence-electron chi connectivity index (χ3n) is 3.13. The summed E-state index contributed by atoms with van der Waals surface area (Å²) in [5.41, 5.74) is 0.547.